The predicted octanol–water partition coefficient (Wildman–Crippen LogP) is 2.08. The van der Waals surface area contributed by atoms with Crippen LogP contribution in [0.3, 0.4) is 0 Å². The van der Waals surface area contributed by atoms with Crippen molar-refractivity contribution in [3.63, 3.8) is 0 Å². The standard InChI is InChI=1S/C10H13NO/c1-2-3-7-10(12)9-6-4-5-8-11-9/h2,4-6,8,10,12H,1,3,7H2/t10-/m0/s1. The molecule has 0 unspecified atom stereocenters. The van der Waals surface area contributed by atoms with E-state index >= 15 is 0 Å². The third kappa shape index (κ3) is 2.47. The van der Waals surface area contributed by atoms with Crippen molar-refractivity contribution in [3.05, 3.63) is 42.7 Å². The van der Waals surface area contributed by atoms with E-state index < -0.39 is 6.10 Å². The van der Waals surface area contributed by atoms with Gasteiger partial charge in [0.25, 0.3) is 0 Å². The number of rotatable bonds is 4. The first kappa shape index (κ1) is 8.94. The molecular formula is C10H13NO. The third-order valence-corrected chi connectivity index (χ3v) is 1.67. The van der Waals surface area contributed by atoms with Crippen molar-refractivity contribution >= 4 is 0 Å². The molecule has 0 radical (unpaired) electrons. The fourth-order valence-electron chi connectivity index (χ4n) is 0.997. The lowest BCUT2D eigenvalue weighted by Crippen LogP contribution is -1.98. The molecule has 2 heteroatoms. The van der Waals surface area contributed by atoms with E-state index in [0.717, 1.165) is 12.1 Å². The zero-order valence-corrected chi connectivity index (χ0v) is 6.98. The van der Waals surface area contributed by atoms with Gasteiger partial charge >= 0.3 is 0 Å². The Morgan fingerprint density at radius 3 is 3.00 bits per heavy atom. The van der Waals surface area contributed by atoms with Crippen molar-refractivity contribution in [2.45, 2.75) is 18.9 Å². The summed E-state index contributed by atoms with van der Waals surface area (Å²) in [6, 6.07) is 5.54. The van der Waals surface area contributed by atoms with Crippen LogP contribution in [0.25, 0.3) is 0 Å². The van der Waals surface area contributed by atoms with Crippen LogP contribution in [0.15, 0.2) is 37.1 Å². The summed E-state index contributed by atoms with van der Waals surface area (Å²) in [6.07, 6.45) is 4.54. The summed E-state index contributed by atoms with van der Waals surface area (Å²) in [5.41, 5.74) is 0.736. The van der Waals surface area contributed by atoms with Gasteiger partial charge in [0.1, 0.15) is 0 Å². The van der Waals surface area contributed by atoms with E-state index in [-0.39, 0.29) is 0 Å². The van der Waals surface area contributed by atoms with Crippen LogP contribution >= 0.6 is 0 Å². The molecule has 0 bridgehead atoms. The van der Waals surface area contributed by atoms with Crippen LogP contribution in [0.4, 0.5) is 0 Å². The van der Waals surface area contributed by atoms with Gasteiger partial charge in [-0.2, -0.15) is 0 Å². The minimum absolute atomic E-state index is 0.454. The molecular weight excluding hydrogens is 150 g/mol. The second-order valence-corrected chi connectivity index (χ2v) is 2.64. The van der Waals surface area contributed by atoms with Crippen LogP contribution in [-0.2, 0) is 0 Å². The van der Waals surface area contributed by atoms with E-state index in [4.69, 9.17) is 0 Å². The summed E-state index contributed by atoms with van der Waals surface area (Å²) in [5.74, 6) is 0. The fraction of sp³-hybridized carbons (Fsp3) is 0.300. The normalized spacial score (nSPS) is 12.4. The zero-order valence-electron chi connectivity index (χ0n) is 6.98. The van der Waals surface area contributed by atoms with Crippen molar-refractivity contribution in [1.82, 2.24) is 4.98 Å². The smallest absolute Gasteiger partial charge is 0.0962 e. The molecule has 0 saturated heterocycles. The highest BCUT2D eigenvalue weighted by molar-refractivity contribution is 5.06. The van der Waals surface area contributed by atoms with Gasteiger partial charge in [-0.3, -0.25) is 4.98 Å². The Bertz CT molecular complexity index is 233. The molecule has 1 atom stereocenters. The quantitative estimate of drug-likeness (QED) is 0.689. The second-order valence-electron chi connectivity index (χ2n) is 2.64. The minimum Gasteiger partial charge on any atom is -0.387 e. The number of aliphatic hydroxyl groups is 1. The molecule has 0 saturated carbocycles. The van der Waals surface area contributed by atoms with Crippen LogP contribution in [0.1, 0.15) is 24.6 Å². The summed E-state index contributed by atoms with van der Waals surface area (Å²) in [5, 5.41) is 9.54. The van der Waals surface area contributed by atoms with Gasteiger partial charge in [0.05, 0.1) is 11.8 Å². The van der Waals surface area contributed by atoms with Crippen LogP contribution < -0.4 is 0 Å². The van der Waals surface area contributed by atoms with E-state index in [1.54, 1.807) is 12.3 Å². The fourth-order valence-corrected chi connectivity index (χ4v) is 0.997. The van der Waals surface area contributed by atoms with Gasteiger partial charge in [-0.1, -0.05) is 12.1 Å². The number of hydrogen-bond acceptors (Lipinski definition) is 2. The highest BCUT2D eigenvalue weighted by Crippen LogP contribution is 2.14. The molecule has 0 amide bonds. The van der Waals surface area contributed by atoms with Gasteiger partial charge in [-0.05, 0) is 25.0 Å². The van der Waals surface area contributed by atoms with Crippen molar-refractivity contribution in [2.24, 2.45) is 0 Å². The molecule has 0 fully saturated rings. The van der Waals surface area contributed by atoms with Crippen molar-refractivity contribution in [1.29, 1.82) is 0 Å². The summed E-state index contributed by atoms with van der Waals surface area (Å²) in [6.45, 7) is 3.59. The molecule has 1 aromatic rings. The summed E-state index contributed by atoms with van der Waals surface area (Å²) in [4.78, 5) is 4.05. The number of aromatic nitrogens is 1. The molecule has 0 aromatic carbocycles. The van der Waals surface area contributed by atoms with Crippen LogP contribution in [0.2, 0.25) is 0 Å². The molecule has 64 valence electrons. The lowest BCUT2D eigenvalue weighted by molar-refractivity contribution is 0.164. The SMILES string of the molecule is C=CCC[C@H](O)c1ccccn1. The highest BCUT2D eigenvalue weighted by Gasteiger charge is 2.05. The van der Waals surface area contributed by atoms with E-state index in [2.05, 4.69) is 11.6 Å². The Balaban J connectivity index is 2.53. The number of nitrogens with zero attached hydrogens (tertiary/aromatic N) is 1. The first-order chi connectivity index (χ1) is 5.84. The lowest BCUT2D eigenvalue weighted by atomic mass is 10.1. The number of hydrogen-bond donors (Lipinski definition) is 1. The van der Waals surface area contributed by atoms with Gasteiger partial charge in [0, 0.05) is 6.20 Å². The molecule has 0 aliphatic heterocycles. The van der Waals surface area contributed by atoms with Crippen LogP contribution in [0.5, 0.6) is 0 Å². The first-order valence-corrected chi connectivity index (χ1v) is 4.04. The van der Waals surface area contributed by atoms with Crippen LogP contribution in [0, 0.1) is 0 Å². The summed E-state index contributed by atoms with van der Waals surface area (Å²) in [7, 11) is 0. The highest BCUT2D eigenvalue weighted by atomic mass is 16.3. The first-order valence-electron chi connectivity index (χ1n) is 4.04. The number of aliphatic hydroxyl groups excluding tert-OH is 1. The van der Waals surface area contributed by atoms with Gasteiger partial charge in [0.15, 0.2) is 0 Å². The molecule has 0 aliphatic rings. The molecule has 0 spiro atoms. The predicted molar refractivity (Wildman–Crippen MR) is 48.6 cm³/mol. The van der Waals surface area contributed by atoms with E-state index in [9.17, 15) is 5.11 Å². The lowest BCUT2D eigenvalue weighted by Gasteiger charge is -2.06. The zero-order chi connectivity index (χ0) is 8.81. The molecule has 12 heavy (non-hydrogen) atoms. The molecule has 0 aliphatic carbocycles. The van der Waals surface area contributed by atoms with E-state index in [0.29, 0.717) is 6.42 Å². The van der Waals surface area contributed by atoms with Crippen molar-refractivity contribution in [3.8, 4) is 0 Å². The molecule has 1 heterocycles. The third-order valence-electron chi connectivity index (χ3n) is 1.67. The van der Waals surface area contributed by atoms with Gasteiger partial charge < -0.3 is 5.11 Å². The Hall–Kier alpha value is -1.15. The van der Waals surface area contributed by atoms with Gasteiger partial charge in [-0.15, -0.1) is 6.58 Å². The van der Waals surface area contributed by atoms with Crippen LogP contribution in [-0.4, -0.2) is 10.1 Å². The number of pyridine rings is 1. The Morgan fingerprint density at radius 2 is 2.42 bits per heavy atom. The van der Waals surface area contributed by atoms with E-state index in [1.807, 2.05) is 18.2 Å². The average molecular weight is 163 g/mol. The Kier molecular flexibility index (Phi) is 3.48. The van der Waals surface area contributed by atoms with Crippen molar-refractivity contribution < 1.29 is 5.11 Å². The number of allylic oxidation sites excluding steroid dienone is 1. The molecule has 1 aromatic heterocycles. The second kappa shape index (κ2) is 4.67. The minimum atomic E-state index is -0.454. The molecule has 1 N–H and O–H groups in total. The van der Waals surface area contributed by atoms with Gasteiger partial charge in [-0.25, -0.2) is 0 Å². The largest absolute Gasteiger partial charge is 0.387 e. The van der Waals surface area contributed by atoms with Crippen molar-refractivity contribution in [2.75, 3.05) is 0 Å². The maximum absolute atomic E-state index is 9.54. The maximum atomic E-state index is 9.54. The van der Waals surface area contributed by atoms with Gasteiger partial charge in [0.2, 0.25) is 0 Å². The molecule has 1 rings (SSSR count). The Morgan fingerprint density at radius 1 is 1.58 bits per heavy atom. The monoisotopic (exact) mass is 163 g/mol. The summed E-state index contributed by atoms with van der Waals surface area (Å²) >= 11 is 0. The Labute approximate surface area is 72.6 Å². The maximum Gasteiger partial charge on any atom is 0.0962 e. The van der Waals surface area contributed by atoms with E-state index in [1.165, 1.54) is 0 Å². The molecule has 2 nitrogen and oxygen atoms in total. The average Bonchev–Trinajstić information content (AvgIpc) is 2.15. The summed E-state index contributed by atoms with van der Waals surface area (Å²) < 4.78 is 0. The topological polar surface area (TPSA) is 33.1 Å².